The van der Waals surface area contributed by atoms with Crippen LogP contribution in [-0.2, 0) is 13.2 Å². The normalized spacial score (nSPS) is 10.5. The lowest BCUT2D eigenvalue weighted by molar-refractivity contribution is -0.384. The van der Waals surface area contributed by atoms with E-state index >= 15 is 0 Å². The number of hydrogen-bond acceptors (Lipinski definition) is 5. The van der Waals surface area contributed by atoms with E-state index < -0.39 is 4.92 Å². The summed E-state index contributed by atoms with van der Waals surface area (Å²) in [5, 5.41) is 14.6. The van der Waals surface area contributed by atoms with Crippen molar-refractivity contribution in [3.63, 3.8) is 0 Å². The molecule has 0 atom stereocenters. The Morgan fingerprint density at radius 3 is 2.50 bits per heavy atom. The summed E-state index contributed by atoms with van der Waals surface area (Å²) >= 11 is 6.49. The minimum Gasteiger partial charge on any atom is -0.490 e. The molecule has 3 aromatic carbocycles. The molecule has 0 saturated heterocycles. The van der Waals surface area contributed by atoms with Gasteiger partial charge in [-0.3, -0.25) is 10.1 Å². The molecule has 156 valence electrons. The first-order valence-corrected chi connectivity index (χ1v) is 9.96. The van der Waals surface area contributed by atoms with Crippen LogP contribution in [0.2, 0.25) is 5.02 Å². The third-order valence-electron chi connectivity index (χ3n) is 4.43. The maximum atomic E-state index is 10.9. The van der Waals surface area contributed by atoms with Crippen molar-refractivity contribution in [1.29, 1.82) is 0 Å². The minimum absolute atomic E-state index is 0.0351. The lowest BCUT2D eigenvalue weighted by Crippen LogP contribution is -2.04. The smallest absolute Gasteiger partial charge is 0.271 e. The molecule has 7 heteroatoms. The Morgan fingerprint density at radius 2 is 1.80 bits per heavy atom. The van der Waals surface area contributed by atoms with E-state index in [0.717, 1.165) is 11.1 Å². The number of nitro groups is 1. The molecule has 3 aromatic rings. The molecule has 0 heterocycles. The van der Waals surface area contributed by atoms with Crippen LogP contribution in [0.3, 0.4) is 0 Å². The van der Waals surface area contributed by atoms with Crippen molar-refractivity contribution in [3.05, 3.63) is 92.5 Å². The topological polar surface area (TPSA) is 73.6 Å². The van der Waals surface area contributed by atoms with Gasteiger partial charge in [0.05, 0.1) is 16.6 Å². The molecule has 0 spiro atoms. The lowest BCUT2D eigenvalue weighted by atomic mass is 10.1. The highest BCUT2D eigenvalue weighted by molar-refractivity contribution is 6.32. The molecule has 0 amide bonds. The number of halogens is 1. The van der Waals surface area contributed by atoms with Gasteiger partial charge in [0.2, 0.25) is 0 Å². The van der Waals surface area contributed by atoms with E-state index in [-0.39, 0.29) is 5.69 Å². The number of benzene rings is 3. The van der Waals surface area contributed by atoms with E-state index in [4.69, 9.17) is 21.1 Å². The Kier molecular flexibility index (Phi) is 7.14. The van der Waals surface area contributed by atoms with E-state index in [2.05, 4.69) is 5.32 Å². The largest absolute Gasteiger partial charge is 0.490 e. The van der Waals surface area contributed by atoms with Crippen molar-refractivity contribution >= 4 is 23.0 Å². The minimum atomic E-state index is -0.421. The number of aryl methyl sites for hydroxylation is 1. The Bertz CT molecular complexity index is 1020. The Morgan fingerprint density at radius 1 is 1.03 bits per heavy atom. The predicted octanol–water partition coefficient (Wildman–Crippen LogP) is 6.15. The van der Waals surface area contributed by atoms with Gasteiger partial charge in [-0.25, -0.2) is 0 Å². The Balaban J connectivity index is 1.74. The first-order chi connectivity index (χ1) is 14.5. The second kappa shape index (κ2) is 9.98. The number of hydrogen-bond donors (Lipinski definition) is 1. The Hall–Kier alpha value is -3.25. The fourth-order valence-corrected chi connectivity index (χ4v) is 3.19. The van der Waals surface area contributed by atoms with Crippen LogP contribution in [0.1, 0.15) is 23.6 Å². The van der Waals surface area contributed by atoms with E-state index in [1.165, 1.54) is 17.7 Å². The zero-order valence-electron chi connectivity index (χ0n) is 16.9. The van der Waals surface area contributed by atoms with Crippen LogP contribution in [0.5, 0.6) is 11.5 Å². The molecule has 6 nitrogen and oxygen atoms in total. The highest BCUT2D eigenvalue weighted by atomic mass is 35.5. The van der Waals surface area contributed by atoms with Crippen LogP contribution in [0.4, 0.5) is 11.4 Å². The molecule has 0 fully saturated rings. The van der Waals surface area contributed by atoms with E-state index in [1.807, 2.05) is 44.2 Å². The van der Waals surface area contributed by atoms with Gasteiger partial charge < -0.3 is 14.8 Å². The van der Waals surface area contributed by atoms with Gasteiger partial charge >= 0.3 is 0 Å². The second-order valence-electron chi connectivity index (χ2n) is 6.77. The molecule has 3 rings (SSSR count). The van der Waals surface area contributed by atoms with E-state index in [9.17, 15) is 10.1 Å². The number of ether oxygens (including phenoxy) is 2. The van der Waals surface area contributed by atoms with Gasteiger partial charge in [-0.2, -0.15) is 0 Å². The third kappa shape index (κ3) is 5.64. The van der Waals surface area contributed by atoms with Gasteiger partial charge in [-0.1, -0.05) is 47.5 Å². The molecule has 0 unspecified atom stereocenters. The van der Waals surface area contributed by atoms with Crippen LogP contribution in [0.25, 0.3) is 0 Å². The summed E-state index contributed by atoms with van der Waals surface area (Å²) in [7, 11) is 0. The van der Waals surface area contributed by atoms with Crippen LogP contribution in [-0.4, -0.2) is 11.5 Å². The zero-order valence-corrected chi connectivity index (χ0v) is 17.6. The molecule has 1 N–H and O–H groups in total. The predicted molar refractivity (Wildman–Crippen MR) is 119 cm³/mol. The maximum absolute atomic E-state index is 10.9. The number of rotatable bonds is 9. The summed E-state index contributed by atoms with van der Waals surface area (Å²) in [4.78, 5) is 10.5. The summed E-state index contributed by atoms with van der Waals surface area (Å²) in [6.07, 6.45) is 0. The molecule has 0 aromatic heterocycles. The fraction of sp³-hybridized carbons (Fsp3) is 0.217. The van der Waals surface area contributed by atoms with Crippen LogP contribution < -0.4 is 14.8 Å². The number of nitro benzene ring substituents is 1. The summed E-state index contributed by atoms with van der Waals surface area (Å²) in [6, 6.07) is 18.1. The number of anilines is 1. The molecule has 0 aliphatic heterocycles. The highest BCUT2D eigenvalue weighted by Crippen LogP contribution is 2.37. The van der Waals surface area contributed by atoms with Crippen LogP contribution in [0.15, 0.2) is 60.7 Å². The molecule has 0 aliphatic carbocycles. The molecule has 0 bridgehead atoms. The molecule has 0 radical (unpaired) electrons. The number of nitrogens with one attached hydrogen (secondary N) is 1. The number of non-ortho nitro benzene ring substituents is 1. The van der Waals surface area contributed by atoms with Crippen molar-refractivity contribution in [3.8, 4) is 11.5 Å². The quantitative estimate of drug-likeness (QED) is 0.328. The molecule has 30 heavy (non-hydrogen) atoms. The van der Waals surface area contributed by atoms with E-state index in [1.54, 1.807) is 18.2 Å². The third-order valence-corrected chi connectivity index (χ3v) is 4.71. The first kappa shape index (κ1) is 21.5. The number of nitrogens with zero attached hydrogens (tertiary/aromatic N) is 1. The van der Waals surface area contributed by atoms with Gasteiger partial charge in [0, 0.05) is 24.4 Å². The van der Waals surface area contributed by atoms with Gasteiger partial charge in [-0.05, 0) is 43.2 Å². The second-order valence-corrected chi connectivity index (χ2v) is 7.18. The summed E-state index contributed by atoms with van der Waals surface area (Å²) in [5.41, 5.74) is 3.78. The summed E-state index contributed by atoms with van der Waals surface area (Å²) in [6.45, 7) is 5.21. The van der Waals surface area contributed by atoms with E-state index in [0.29, 0.717) is 42.0 Å². The maximum Gasteiger partial charge on any atom is 0.271 e. The van der Waals surface area contributed by atoms with Gasteiger partial charge in [0.25, 0.3) is 5.69 Å². The highest BCUT2D eigenvalue weighted by Gasteiger charge is 2.13. The standard InChI is InChI=1S/C23H23ClN2O4/c1-3-29-22-12-18(14-25-19-5-4-6-20(13-19)26(27)28)11-21(24)23(22)30-15-17-9-7-16(2)8-10-17/h4-13,25H,3,14-15H2,1-2H3. The first-order valence-electron chi connectivity index (χ1n) is 9.58. The molecule has 0 saturated carbocycles. The monoisotopic (exact) mass is 426 g/mol. The average Bonchev–Trinajstić information content (AvgIpc) is 2.73. The van der Waals surface area contributed by atoms with Crippen molar-refractivity contribution in [2.24, 2.45) is 0 Å². The van der Waals surface area contributed by atoms with Crippen LogP contribution >= 0.6 is 11.6 Å². The van der Waals surface area contributed by atoms with Crippen molar-refractivity contribution in [2.45, 2.75) is 27.0 Å². The SMILES string of the molecule is CCOc1cc(CNc2cccc([N+](=O)[O-])c2)cc(Cl)c1OCc1ccc(C)cc1. The zero-order chi connectivity index (χ0) is 21.5. The van der Waals surface area contributed by atoms with Crippen LogP contribution in [0, 0.1) is 17.0 Å². The summed E-state index contributed by atoms with van der Waals surface area (Å²) in [5.74, 6) is 1.06. The average molecular weight is 427 g/mol. The van der Waals surface area contributed by atoms with Gasteiger partial charge in [0.15, 0.2) is 11.5 Å². The Labute approximate surface area is 180 Å². The summed E-state index contributed by atoms with van der Waals surface area (Å²) < 4.78 is 11.7. The van der Waals surface area contributed by atoms with Crippen molar-refractivity contribution in [1.82, 2.24) is 0 Å². The lowest BCUT2D eigenvalue weighted by Gasteiger charge is -2.16. The molecular formula is C23H23ClN2O4. The van der Waals surface area contributed by atoms with Gasteiger partial charge in [-0.15, -0.1) is 0 Å². The fourth-order valence-electron chi connectivity index (χ4n) is 2.90. The van der Waals surface area contributed by atoms with Crippen molar-refractivity contribution in [2.75, 3.05) is 11.9 Å². The molecular weight excluding hydrogens is 404 g/mol. The van der Waals surface area contributed by atoms with Gasteiger partial charge in [0.1, 0.15) is 6.61 Å². The van der Waals surface area contributed by atoms with Crippen molar-refractivity contribution < 1.29 is 14.4 Å². The molecule has 0 aliphatic rings.